The molecular formula is C28H24Br2ClN4NaO11. The second-order valence-corrected chi connectivity index (χ2v) is 11.2. The minimum absolute atomic E-state index is 0. The molecule has 2 aromatic rings. The number of nitrogens with one attached hydrogen (secondary N) is 2. The number of hydrogen-bond acceptors (Lipinski definition) is 12. The number of esters is 2. The van der Waals surface area contributed by atoms with E-state index in [0.29, 0.717) is 32.9 Å². The van der Waals surface area contributed by atoms with Gasteiger partial charge in [0.05, 0.1) is 28.3 Å². The van der Waals surface area contributed by atoms with Crippen molar-refractivity contribution >= 4 is 97.6 Å². The zero-order valence-electron chi connectivity index (χ0n) is 24.6. The van der Waals surface area contributed by atoms with Crippen LogP contribution in [0, 0.1) is 0 Å². The molecule has 0 spiro atoms. The van der Waals surface area contributed by atoms with Gasteiger partial charge >= 0.3 is 41.5 Å². The Bertz CT molecular complexity index is 1650. The molecule has 2 aromatic carbocycles. The fraction of sp³-hybridized carbons (Fsp3) is 0.250. The molecule has 6 amide bonds. The van der Waals surface area contributed by atoms with Gasteiger partial charge in [-0.25, -0.2) is 9.59 Å². The summed E-state index contributed by atoms with van der Waals surface area (Å²) in [4.78, 5) is 100. The molecule has 4 heterocycles. The van der Waals surface area contributed by atoms with E-state index in [4.69, 9.17) is 15.6 Å². The number of carboxylic acids is 1. The number of nitrogens with zero attached hydrogens (tertiary/aromatic N) is 1. The topological polar surface area (TPSA) is 239 Å². The van der Waals surface area contributed by atoms with Crippen LogP contribution in [0.1, 0.15) is 74.0 Å². The number of carbonyl (C=O) groups is 9. The van der Waals surface area contributed by atoms with Crippen LogP contribution in [0.25, 0.3) is 0 Å². The third-order valence-corrected chi connectivity index (χ3v) is 7.64. The normalized spacial score (nSPS) is 18.9. The Morgan fingerprint density at radius 1 is 0.809 bits per heavy atom. The van der Waals surface area contributed by atoms with Crippen molar-refractivity contribution in [2.24, 2.45) is 5.73 Å². The second-order valence-electron chi connectivity index (χ2n) is 9.50. The Hall–Kier alpha value is -3.32. The Labute approximate surface area is 311 Å². The SMILES string of the molecule is CC(=O)[O-].Cl.NC1CCC(=O)NC1=O.O=C1CCC(N2C(=O)c3cccc(Br)c3C2=O)C(=O)N1.O=C1OC(=O)c2c(Br)cccc21.[Na+]. The summed E-state index contributed by atoms with van der Waals surface area (Å²) in [6, 6.07) is 8.40. The van der Waals surface area contributed by atoms with Gasteiger partial charge < -0.3 is 20.4 Å². The number of carbonyl (C=O) groups excluding carboxylic acids is 9. The number of halogens is 3. The largest absolute Gasteiger partial charge is 1.00 e. The molecule has 244 valence electrons. The first kappa shape index (κ1) is 41.7. The van der Waals surface area contributed by atoms with Crippen molar-refractivity contribution in [3.63, 3.8) is 0 Å². The fourth-order valence-corrected chi connectivity index (χ4v) is 5.34. The summed E-state index contributed by atoms with van der Waals surface area (Å²) in [5, 5.41) is 13.2. The molecular weight excluding hydrogens is 787 g/mol. The van der Waals surface area contributed by atoms with Gasteiger partial charge in [-0.05, 0) is 75.9 Å². The van der Waals surface area contributed by atoms with E-state index in [1.54, 1.807) is 36.4 Å². The molecule has 19 heteroatoms. The van der Waals surface area contributed by atoms with Crippen LogP contribution < -0.4 is 51.0 Å². The van der Waals surface area contributed by atoms with Crippen molar-refractivity contribution in [2.75, 3.05) is 0 Å². The number of rotatable bonds is 1. The summed E-state index contributed by atoms with van der Waals surface area (Å²) in [6.45, 7) is 0.972. The first-order valence-electron chi connectivity index (χ1n) is 13.0. The van der Waals surface area contributed by atoms with E-state index in [1.807, 2.05) is 0 Å². The summed E-state index contributed by atoms with van der Waals surface area (Å²) >= 11 is 6.40. The smallest absolute Gasteiger partial charge is 0.550 e. The van der Waals surface area contributed by atoms with E-state index in [-0.39, 0.29) is 83.7 Å². The van der Waals surface area contributed by atoms with Crippen molar-refractivity contribution in [3.8, 4) is 0 Å². The molecule has 2 unspecified atom stereocenters. The van der Waals surface area contributed by atoms with Gasteiger partial charge in [0.1, 0.15) is 6.04 Å². The average Bonchev–Trinajstić information content (AvgIpc) is 3.39. The van der Waals surface area contributed by atoms with Crippen LogP contribution in [0.4, 0.5) is 0 Å². The maximum Gasteiger partial charge on any atom is 1.00 e. The molecule has 2 fully saturated rings. The first-order chi connectivity index (χ1) is 21.1. The average molecular weight is 811 g/mol. The van der Waals surface area contributed by atoms with Gasteiger partial charge in [-0.15, -0.1) is 12.4 Å². The summed E-state index contributed by atoms with van der Waals surface area (Å²) in [6.07, 6.45) is 1.12. The van der Waals surface area contributed by atoms with Crippen LogP contribution >= 0.6 is 44.3 Å². The van der Waals surface area contributed by atoms with Crippen LogP contribution in [0.2, 0.25) is 0 Å². The van der Waals surface area contributed by atoms with Gasteiger partial charge in [-0.2, -0.15) is 0 Å². The number of carboxylic acid groups (broad SMARTS) is 1. The van der Waals surface area contributed by atoms with Crippen LogP contribution in [0.15, 0.2) is 45.3 Å². The molecule has 2 atom stereocenters. The molecule has 6 rings (SSSR count). The molecule has 0 aliphatic carbocycles. The third kappa shape index (κ3) is 10.3. The number of hydrogen-bond donors (Lipinski definition) is 3. The van der Waals surface area contributed by atoms with Crippen LogP contribution in [0.3, 0.4) is 0 Å². The number of ether oxygens (including phenoxy) is 1. The number of imide groups is 3. The fourth-order valence-electron chi connectivity index (χ4n) is 4.28. The van der Waals surface area contributed by atoms with Crippen LogP contribution in [0.5, 0.6) is 0 Å². The predicted octanol–water partition coefficient (Wildman–Crippen LogP) is -2.46. The van der Waals surface area contributed by atoms with Gasteiger partial charge in [0.2, 0.25) is 23.6 Å². The van der Waals surface area contributed by atoms with E-state index >= 15 is 0 Å². The van der Waals surface area contributed by atoms with Crippen LogP contribution in [-0.4, -0.2) is 70.3 Å². The maximum atomic E-state index is 12.4. The molecule has 2 saturated heterocycles. The molecule has 15 nitrogen and oxygen atoms in total. The van der Waals surface area contributed by atoms with E-state index in [9.17, 15) is 38.4 Å². The summed E-state index contributed by atoms with van der Waals surface area (Å²) in [5.74, 6) is -4.81. The molecule has 0 bridgehead atoms. The van der Waals surface area contributed by atoms with Crippen molar-refractivity contribution in [1.29, 1.82) is 0 Å². The van der Waals surface area contributed by atoms with Crippen molar-refractivity contribution in [1.82, 2.24) is 15.5 Å². The molecule has 4 aliphatic heterocycles. The quantitative estimate of drug-likeness (QED) is 0.118. The van der Waals surface area contributed by atoms with Gasteiger partial charge in [0.15, 0.2) is 0 Å². The van der Waals surface area contributed by atoms with Gasteiger partial charge in [0.25, 0.3) is 11.8 Å². The Balaban J connectivity index is 0.000000351. The standard InChI is InChI=1S/C13H9BrN2O4.C8H3BrO3.C5H8N2O2.C2H4O2.ClH.Na/c14-7-3-1-2-6-10(7)13(20)16(12(6)19)8-4-5-9(17)15-11(8)18;9-5-3-1-2-4-6(5)8(11)12-7(4)10;6-3-1-2-4(8)7-5(3)9;1-2(3)4;;/h1-3,8H,4-5H2,(H,15,17,18);1-3H;3H,1-2,6H2,(H,7,8,9);1H3,(H,3,4);1H;/q;;;;;+1/p-1. The van der Waals surface area contributed by atoms with Gasteiger partial charge in [0, 0.05) is 27.8 Å². The Morgan fingerprint density at radius 3 is 1.77 bits per heavy atom. The van der Waals surface area contributed by atoms with Gasteiger partial charge in [-0.3, -0.25) is 44.3 Å². The number of aliphatic carboxylic acids is 1. The van der Waals surface area contributed by atoms with Crippen molar-refractivity contribution in [2.45, 2.75) is 44.7 Å². The molecule has 47 heavy (non-hydrogen) atoms. The van der Waals surface area contributed by atoms with E-state index in [2.05, 4.69) is 47.2 Å². The zero-order chi connectivity index (χ0) is 33.6. The first-order valence-corrected chi connectivity index (χ1v) is 14.5. The number of cyclic esters (lactones) is 2. The minimum atomic E-state index is -1.08. The predicted molar refractivity (Wildman–Crippen MR) is 163 cm³/mol. The number of fused-ring (bicyclic) bond motifs is 2. The monoisotopic (exact) mass is 808 g/mol. The summed E-state index contributed by atoms with van der Waals surface area (Å²) in [7, 11) is 0. The molecule has 0 radical (unpaired) electrons. The van der Waals surface area contributed by atoms with Crippen molar-refractivity contribution in [3.05, 3.63) is 67.6 Å². The van der Waals surface area contributed by atoms with Gasteiger partial charge in [-0.1, -0.05) is 12.1 Å². The Kier molecular flexibility index (Phi) is 16.2. The molecule has 4 aliphatic rings. The molecule has 4 N–H and O–H groups in total. The summed E-state index contributed by atoms with van der Waals surface area (Å²) < 4.78 is 5.51. The van der Waals surface area contributed by atoms with E-state index in [0.717, 1.165) is 11.8 Å². The third-order valence-electron chi connectivity index (χ3n) is 6.32. The minimum Gasteiger partial charge on any atom is -0.550 e. The second kappa shape index (κ2) is 18.3. The van der Waals surface area contributed by atoms with Crippen LogP contribution in [-0.2, 0) is 28.7 Å². The number of nitrogens with two attached hydrogens (primary N) is 1. The zero-order valence-corrected chi connectivity index (χ0v) is 30.6. The molecule has 0 saturated carbocycles. The Morgan fingerprint density at radius 2 is 1.30 bits per heavy atom. The summed E-state index contributed by atoms with van der Waals surface area (Å²) in [5.41, 5.74) is 6.46. The van der Waals surface area contributed by atoms with E-state index < -0.39 is 47.7 Å². The van der Waals surface area contributed by atoms with E-state index in [1.165, 1.54) is 0 Å². The van der Waals surface area contributed by atoms with Crippen molar-refractivity contribution < 1.29 is 82.6 Å². The number of benzene rings is 2. The molecule has 0 aromatic heterocycles. The number of amides is 6. The maximum absolute atomic E-state index is 12.4. The number of piperidine rings is 2.